The molecule has 136 valence electrons. The lowest BCUT2D eigenvalue weighted by Crippen LogP contribution is -2.41. The van der Waals surface area contributed by atoms with E-state index in [1.54, 1.807) is 0 Å². The maximum Gasteiger partial charge on any atom is 0.494 e. The summed E-state index contributed by atoms with van der Waals surface area (Å²) in [4.78, 5) is 0. The van der Waals surface area contributed by atoms with E-state index in [1.807, 2.05) is 12.2 Å². The minimum absolute atomic E-state index is 0.255. The van der Waals surface area contributed by atoms with E-state index in [2.05, 4.69) is 65.1 Å². The van der Waals surface area contributed by atoms with Gasteiger partial charge in [0.1, 0.15) is 0 Å². The zero-order valence-corrected chi connectivity index (χ0v) is 17.5. The SMILES string of the molecule is C=CCCC(CC=C)O[SiH2]c1ccc(B2OC(C)(C)C(C)(C)O2)cc1. The van der Waals surface area contributed by atoms with Crippen LogP contribution in [0, 0.1) is 0 Å². The molecule has 0 bridgehead atoms. The van der Waals surface area contributed by atoms with Crippen LogP contribution in [0.25, 0.3) is 0 Å². The number of hydrogen-bond donors (Lipinski definition) is 0. The summed E-state index contributed by atoms with van der Waals surface area (Å²) in [6.07, 6.45) is 7.02. The van der Waals surface area contributed by atoms with Gasteiger partial charge in [0.2, 0.25) is 0 Å². The van der Waals surface area contributed by atoms with Crippen molar-refractivity contribution in [1.29, 1.82) is 0 Å². The summed E-state index contributed by atoms with van der Waals surface area (Å²) in [5.74, 6) is 0. The highest BCUT2D eigenvalue weighted by Crippen LogP contribution is 2.36. The maximum atomic E-state index is 6.16. The van der Waals surface area contributed by atoms with Gasteiger partial charge in [-0.2, -0.15) is 0 Å². The van der Waals surface area contributed by atoms with E-state index in [1.165, 1.54) is 5.19 Å². The minimum Gasteiger partial charge on any atom is -0.415 e. The van der Waals surface area contributed by atoms with Crippen molar-refractivity contribution in [3.63, 3.8) is 0 Å². The smallest absolute Gasteiger partial charge is 0.415 e. The summed E-state index contributed by atoms with van der Waals surface area (Å²) in [5.41, 5.74) is 0.444. The molecular weight excluding hydrogens is 327 g/mol. The summed E-state index contributed by atoms with van der Waals surface area (Å²) in [6.45, 7) is 15.9. The van der Waals surface area contributed by atoms with Gasteiger partial charge >= 0.3 is 7.12 Å². The second-order valence-electron chi connectivity index (χ2n) is 7.65. The molecule has 0 aliphatic carbocycles. The van der Waals surface area contributed by atoms with Gasteiger partial charge in [-0.3, -0.25) is 0 Å². The predicted molar refractivity (Wildman–Crippen MR) is 109 cm³/mol. The minimum atomic E-state index is -0.753. The lowest BCUT2D eigenvalue weighted by Gasteiger charge is -2.32. The first-order chi connectivity index (χ1) is 11.8. The molecule has 0 aromatic heterocycles. The standard InChI is InChI=1S/C20H31BO3Si/c1-7-9-11-17(10-8-2)22-25-18-14-12-16(13-15-18)21-23-19(3,4)20(5,6)24-21/h7-8,12-15,17H,1-2,9-11,25H2,3-6H3. The fourth-order valence-corrected chi connectivity index (χ4v) is 3.88. The molecule has 1 fully saturated rings. The van der Waals surface area contributed by atoms with Crippen LogP contribution in [0.2, 0.25) is 0 Å². The van der Waals surface area contributed by atoms with Gasteiger partial charge in [-0.1, -0.05) is 36.4 Å². The summed E-state index contributed by atoms with van der Waals surface area (Å²) >= 11 is 0. The summed E-state index contributed by atoms with van der Waals surface area (Å²) in [7, 11) is -1.06. The lowest BCUT2D eigenvalue weighted by molar-refractivity contribution is 0.00578. The van der Waals surface area contributed by atoms with Gasteiger partial charge in [0.05, 0.1) is 11.2 Å². The van der Waals surface area contributed by atoms with Gasteiger partial charge < -0.3 is 13.7 Å². The van der Waals surface area contributed by atoms with E-state index in [-0.39, 0.29) is 24.4 Å². The molecule has 1 unspecified atom stereocenters. The fraction of sp³-hybridized carbons (Fsp3) is 0.500. The number of rotatable bonds is 9. The van der Waals surface area contributed by atoms with Crippen molar-refractivity contribution in [2.24, 2.45) is 0 Å². The van der Waals surface area contributed by atoms with Crippen LogP contribution < -0.4 is 10.6 Å². The second kappa shape index (κ2) is 8.50. The average Bonchev–Trinajstić information content (AvgIpc) is 2.78. The third kappa shape index (κ3) is 5.17. The lowest BCUT2D eigenvalue weighted by atomic mass is 9.79. The van der Waals surface area contributed by atoms with Gasteiger partial charge in [-0.25, -0.2) is 0 Å². The molecule has 1 heterocycles. The monoisotopic (exact) mass is 358 g/mol. The van der Waals surface area contributed by atoms with Crippen LogP contribution >= 0.6 is 0 Å². The Labute approximate surface area is 155 Å². The number of benzene rings is 1. The molecule has 0 saturated carbocycles. The van der Waals surface area contributed by atoms with E-state index >= 15 is 0 Å². The maximum absolute atomic E-state index is 6.16. The van der Waals surface area contributed by atoms with Gasteiger partial charge in [-0.15, -0.1) is 13.2 Å². The quantitative estimate of drug-likeness (QED) is 0.502. The van der Waals surface area contributed by atoms with Gasteiger partial charge in [0.15, 0.2) is 9.76 Å². The third-order valence-corrected chi connectivity index (χ3v) is 6.56. The first-order valence-corrected chi connectivity index (χ1v) is 10.4. The molecule has 0 spiro atoms. The Balaban J connectivity index is 1.94. The molecular formula is C20H31BO3Si. The molecule has 1 saturated heterocycles. The summed E-state index contributed by atoms with van der Waals surface area (Å²) < 4.78 is 18.4. The van der Waals surface area contributed by atoms with Crippen molar-refractivity contribution in [3.8, 4) is 0 Å². The largest absolute Gasteiger partial charge is 0.494 e. The van der Waals surface area contributed by atoms with Crippen molar-refractivity contribution in [2.45, 2.75) is 64.3 Å². The van der Waals surface area contributed by atoms with Crippen LogP contribution in [0.4, 0.5) is 0 Å². The van der Waals surface area contributed by atoms with E-state index in [9.17, 15) is 0 Å². The fourth-order valence-electron chi connectivity index (χ4n) is 2.72. The summed E-state index contributed by atoms with van der Waals surface area (Å²) in [5, 5.41) is 1.29. The second-order valence-corrected chi connectivity index (χ2v) is 9.09. The molecule has 25 heavy (non-hydrogen) atoms. The van der Waals surface area contributed by atoms with Crippen LogP contribution in [0.15, 0.2) is 49.6 Å². The zero-order chi connectivity index (χ0) is 18.5. The normalized spacial score (nSPS) is 20.1. The predicted octanol–water partition coefficient (Wildman–Crippen LogP) is 2.62. The molecule has 1 atom stereocenters. The van der Waals surface area contributed by atoms with Crippen LogP contribution in [0.5, 0.6) is 0 Å². The number of allylic oxidation sites excluding steroid dienone is 1. The Hall–Kier alpha value is -1.14. The molecule has 1 aliphatic rings. The van der Waals surface area contributed by atoms with Crippen molar-refractivity contribution < 1.29 is 13.7 Å². The van der Waals surface area contributed by atoms with E-state index < -0.39 is 9.76 Å². The molecule has 0 N–H and O–H groups in total. The van der Waals surface area contributed by atoms with Crippen LogP contribution in [-0.4, -0.2) is 34.2 Å². The van der Waals surface area contributed by atoms with Crippen molar-refractivity contribution >= 4 is 27.5 Å². The first kappa shape index (κ1) is 20.2. The zero-order valence-electron chi connectivity index (χ0n) is 16.1. The summed E-state index contributed by atoms with van der Waals surface area (Å²) in [6, 6.07) is 8.48. The molecule has 3 nitrogen and oxygen atoms in total. The molecule has 1 aromatic carbocycles. The Morgan fingerprint density at radius 3 is 2.20 bits per heavy atom. The Morgan fingerprint density at radius 1 is 1.08 bits per heavy atom. The highest BCUT2D eigenvalue weighted by atomic mass is 28.2. The van der Waals surface area contributed by atoms with E-state index in [0.717, 1.165) is 24.7 Å². The Morgan fingerprint density at radius 2 is 1.68 bits per heavy atom. The van der Waals surface area contributed by atoms with Crippen LogP contribution in [0.1, 0.15) is 47.0 Å². The third-order valence-electron chi connectivity index (χ3n) is 5.11. The van der Waals surface area contributed by atoms with Crippen molar-refractivity contribution in [1.82, 2.24) is 0 Å². The highest BCUT2D eigenvalue weighted by Gasteiger charge is 2.51. The van der Waals surface area contributed by atoms with Crippen LogP contribution in [-0.2, 0) is 13.7 Å². The highest BCUT2D eigenvalue weighted by molar-refractivity contribution is 6.62. The molecule has 1 aliphatic heterocycles. The van der Waals surface area contributed by atoms with Crippen molar-refractivity contribution in [3.05, 3.63) is 49.6 Å². The van der Waals surface area contributed by atoms with Gasteiger partial charge in [-0.05, 0) is 57.6 Å². The molecule has 0 radical (unpaired) electrons. The number of hydrogen-bond acceptors (Lipinski definition) is 3. The van der Waals surface area contributed by atoms with E-state index in [4.69, 9.17) is 13.7 Å². The van der Waals surface area contributed by atoms with E-state index in [0.29, 0.717) is 0 Å². The molecule has 0 amide bonds. The molecule has 5 heteroatoms. The molecule has 1 aromatic rings. The van der Waals surface area contributed by atoms with Gasteiger partial charge in [0.25, 0.3) is 0 Å². The van der Waals surface area contributed by atoms with Crippen LogP contribution in [0.3, 0.4) is 0 Å². The van der Waals surface area contributed by atoms with Crippen molar-refractivity contribution in [2.75, 3.05) is 0 Å². The Bertz CT molecular complexity index is 567. The molecule has 2 rings (SSSR count). The Kier molecular flexibility index (Phi) is 6.86. The topological polar surface area (TPSA) is 27.7 Å². The van der Waals surface area contributed by atoms with Gasteiger partial charge in [0, 0.05) is 6.10 Å². The average molecular weight is 358 g/mol. The first-order valence-electron chi connectivity index (χ1n) is 9.07.